The first-order valence-corrected chi connectivity index (χ1v) is 7.19. The molecule has 2 rings (SSSR count). The normalized spacial score (nSPS) is 26.5. The number of cyclic esters (lactones) is 1. The van der Waals surface area contributed by atoms with Crippen LogP contribution in [0.2, 0.25) is 0 Å². The van der Waals surface area contributed by atoms with Crippen molar-refractivity contribution in [1.82, 2.24) is 0 Å². The quantitative estimate of drug-likeness (QED) is 0.694. The molecule has 0 saturated carbocycles. The van der Waals surface area contributed by atoms with Crippen molar-refractivity contribution < 1.29 is 9.53 Å². The molecule has 0 aromatic rings. The second-order valence-corrected chi connectivity index (χ2v) is 6.56. The van der Waals surface area contributed by atoms with Crippen LogP contribution in [0.5, 0.6) is 0 Å². The number of esters is 1. The predicted octanol–water partition coefficient (Wildman–Crippen LogP) is 2.90. The molecule has 1 saturated heterocycles. The maximum Gasteiger partial charge on any atom is 0.337 e. The van der Waals surface area contributed by atoms with Crippen LogP contribution < -0.4 is 0 Å². The number of carbonyl (C=O) groups excluding carboxylic acids is 1. The summed E-state index contributed by atoms with van der Waals surface area (Å²) in [6.07, 6.45) is 4.75. The largest absolute Gasteiger partial charge is 0.422 e. The molecule has 0 aliphatic carbocycles. The van der Waals surface area contributed by atoms with Crippen molar-refractivity contribution in [2.24, 2.45) is 0 Å². The summed E-state index contributed by atoms with van der Waals surface area (Å²) in [6, 6.07) is 0. The van der Waals surface area contributed by atoms with E-state index in [0.717, 1.165) is 4.48 Å². The van der Waals surface area contributed by atoms with Crippen LogP contribution in [0.25, 0.3) is 0 Å². The Morgan fingerprint density at radius 3 is 2.79 bits per heavy atom. The van der Waals surface area contributed by atoms with Gasteiger partial charge in [0, 0.05) is 6.08 Å². The van der Waals surface area contributed by atoms with Crippen molar-refractivity contribution in [3.05, 3.63) is 22.4 Å². The van der Waals surface area contributed by atoms with Crippen LogP contribution in [0.3, 0.4) is 0 Å². The van der Waals surface area contributed by atoms with Crippen molar-refractivity contribution >= 4 is 45.4 Å². The van der Waals surface area contributed by atoms with Crippen LogP contribution in [-0.4, -0.2) is 22.1 Å². The van der Waals surface area contributed by atoms with Gasteiger partial charge in [-0.3, -0.25) is 0 Å². The van der Waals surface area contributed by atoms with E-state index in [1.165, 1.54) is 24.0 Å². The molecule has 0 spiro atoms. The van der Waals surface area contributed by atoms with Crippen LogP contribution >= 0.6 is 39.5 Å². The van der Waals surface area contributed by atoms with Gasteiger partial charge in [-0.1, -0.05) is 0 Å². The van der Waals surface area contributed by atoms with Gasteiger partial charge in [-0.25, -0.2) is 4.79 Å². The van der Waals surface area contributed by atoms with Gasteiger partial charge in [0.1, 0.15) is 5.76 Å². The van der Waals surface area contributed by atoms with Gasteiger partial charge in [-0.05, 0) is 39.9 Å². The molecule has 0 bridgehead atoms. The highest BCUT2D eigenvalue weighted by molar-refractivity contribution is 9.12. The molecule has 2 heterocycles. The number of rotatable bonds is 1. The molecule has 0 aromatic heterocycles. The van der Waals surface area contributed by atoms with Gasteiger partial charge in [0.25, 0.3) is 0 Å². The molecular weight excluding hydrogens is 284 g/mol. The Bertz CT molecular complexity index is 306. The van der Waals surface area contributed by atoms with Crippen molar-refractivity contribution in [2.75, 3.05) is 11.5 Å². The van der Waals surface area contributed by atoms with E-state index >= 15 is 0 Å². The second kappa shape index (κ2) is 4.77. The van der Waals surface area contributed by atoms with E-state index in [1.54, 1.807) is 0 Å². The Balaban J connectivity index is 2.03. The minimum Gasteiger partial charge on any atom is -0.422 e. The monoisotopic (exact) mass is 292 g/mol. The van der Waals surface area contributed by atoms with Crippen molar-refractivity contribution in [3.8, 4) is 0 Å². The number of hydrogen-bond acceptors (Lipinski definition) is 4. The van der Waals surface area contributed by atoms with E-state index < -0.39 is 0 Å². The van der Waals surface area contributed by atoms with Crippen LogP contribution in [0, 0.1) is 0 Å². The molecule has 5 heteroatoms. The third-order valence-corrected chi connectivity index (χ3v) is 5.25. The first-order valence-electron chi connectivity index (χ1n) is 4.30. The molecule has 0 amide bonds. The Hall–Kier alpha value is 0.130. The molecule has 0 unspecified atom stereocenters. The molecule has 0 atom stereocenters. The highest BCUT2D eigenvalue weighted by atomic mass is 79.9. The van der Waals surface area contributed by atoms with Gasteiger partial charge in [0.05, 0.1) is 9.06 Å². The van der Waals surface area contributed by atoms with E-state index in [2.05, 4.69) is 15.9 Å². The Morgan fingerprint density at radius 1 is 1.50 bits per heavy atom. The zero-order chi connectivity index (χ0) is 9.97. The standard InChI is InChI=1S/C9H9BrO2S2/c10-6-4-8(11)12-7(6)5-9-13-2-1-3-14-9/h4-5,9H,1-3H2/b7-5+. The van der Waals surface area contributed by atoms with Gasteiger partial charge in [0.15, 0.2) is 0 Å². The van der Waals surface area contributed by atoms with Gasteiger partial charge in [-0.15, -0.1) is 23.5 Å². The highest BCUT2D eigenvalue weighted by Gasteiger charge is 2.21. The summed E-state index contributed by atoms with van der Waals surface area (Å²) in [5.74, 6) is 2.77. The maximum absolute atomic E-state index is 10.9. The SMILES string of the molecule is O=C1C=C(Br)/C(=C\C2SCCCS2)O1. The van der Waals surface area contributed by atoms with Crippen LogP contribution in [0.1, 0.15) is 6.42 Å². The minimum absolute atomic E-state index is 0.283. The van der Waals surface area contributed by atoms with Crippen LogP contribution in [0.4, 0.5) is 0 Å². The highest BCUT2D eigenvalue weighted by Crippen LogP contribution is 2.35. The first kappa shape index (κ1) is 10.6. The lowest BCUT2D eigenvalue weighted by Crippen LogP contribution is -2.05. The molecule has 1 fully saturated rings. The number of halogens is 1. The van der Waals surface area contributed by atoms with E-state index in [0.29, 0.717) is 10.3 Å². The van der Waals surface area contributed by atoms with Crippen molar-refractivity contribution in [1.29, 1.82) is 0 Å². The maximum atomic E-state index is 10.9. The third kappa shape index (κ3) is 2.58. The first-order chi connectivity index (χ1) is 6.75. The summed E-state index contributed by atoms with van der Waals surface area (Å²) in [4.78, 5) is 10.9. The lowest BCUT2D eigenvalue weighted by Gasteiger charge is -2.17. The summed E-state index contributed by atoms with van der Waals surface area (Å²) >= 11 is 7.10. The molecule has 14 heavy (non-hydrogen) atoms. The van der Waals surface area contributed by atoms with E-state index in [-0.39, 0.29) is 5.97 Å². The number of carbonyl (C=O) groups is 1. The summed E-state index contributed by atoms with van der Waals surface area (Å²) < 4.78 is 6.21. The third-order valence-electron chi connectivity index (χ3n) is 1.83. The number of thioether (sulfide) groups is 2. The van der Waals surface area contributed by atoms with E-state index in [1.807, 2.05) is 29.6 Å². The average Bonchev–Trinajstić information content (AvgIpc) is 2.47. The molecule has 0 N–H and O–H groups in total. The van der Waals surface area contributed by atoms with Gasteiger partial charge < -0.3 is 4.74 Å². The van der Waals surface area contributed by atoms with Crippen LogP contribution in [-0.2, 0) is 9.53 Å². The summed E-state index contributed by atoms with van der Waals surface area (Å²) in [5, 5.41) is 0. The molecule has 2 nitrogen and oxygen atoms in total. The van der Waals surface area contributed by atoms with Crippen molar-refractivity contribution in [2.45, 2.75) is 11.0 Å². The summed E-state index contributed by atoms with van der Waals surface area (Å²) in [5.41, 5.74) is 0. The summed E-state index contributed by atoms with van der Waals surface area (Å²) in [7, 11) is 0. The Kier molecular flexibility index (Phi) is 3.62. The Labute approximate surface area is 99.7 Å². The van der Waals surface area contributed by atoms with Crippen molar-refractivity contribution in [3.63, 3.8) is 0 Å². The van der Waals surface area contributed by atoms with Gasteiger partial charge in [-0.2, -0.15) is 0 Å². The smallest absolute Gasteiger partial charge is 0.337 e. The molecule has 76 valence electrons. The fourth-order valence-electron chi connectivity index (χ4n) is 1.20. The number of hydrogen-bond donors (Lipinski definition) is 0. The topological polar surface area (TPSA) is 26.3 Å². The lowest BCUT2D eigenvalue weighted by molar-refractivity contribution is -0.132. The second-order valence-electron chi connectivity index (χ2n) is 2.91. The molecule has 0 aromatic carbocycles. The van der Waals surface area contributed by atoms with E-state index in [9.17, 15) is 4.79 Å². The zero-order valence-electron chi connectivity index (χ0n) is 7.36. The molecule has 2 aliphatic rings. The Morgan fingerprint density at radius 2 is 2.21 bits per heavy atom. The molecule has 0 radical (unpaired) electrons. The summed E-state index contributed by atoms with van der Waals surface area (Å²) in [6.45, 7) is 0. The predicted molar refractivity (Wildman–Crippen MR) is 64.5 cm³/mol. The van der Waals surface area contributed by atoms with Gasteiger partial charge in [0.2, 0.25) is 0 Å². The molecule has 2 aliphatic heterocycles. The molecular formula is C9H9BrO2S2. The van der Waals surface area contributed by atoms with Gasteiger partial charge >= 0.3 is 5.97 Å². The number of allylic oxidation sites excluding steroid dienone is 1. The van der Waals surface area contributed by atoms with E-state index in [4.69, 9.17) is 4.74 Å². The fraction of sp³-hybridized carbons (Fsp3) is 0.444. The average molecular weight is 293 g/mol. The lowest BCUT2D eigenvalue weighted by atomic mass is 10.4. The zero-order valence-corrected chi connectivity index (χ0v) is 10.6. The number of ether oxygens (including phenoxy) is 1. The van der Waals surface area contributed by atoms with Crippen LogP contribution in [0.15, 0.2) is 22.4 Å². The minimum atomic E-state index is -0.283. The fourth-order valence-corrected chi connectivity index (χ4v) is 4.27.